The molecule has 1 saturated heterocycles. The average molecular weight is 268 g/mol. The first kappa shape index (κ1) is 14.8. The highest BCUT2D eigenvalue weighted by Gasteiger charge is 2.39. The molecule has 1 aliphatic carbocycles. The summed E-state index contributed by atoms with van der Waals surface area (Å²) in [5.41, 5.74) is -0.499. The first-order valence-corrected chi connectivity index (χ1v) is 7.62. The van der Waals surface area contributed by atoms with E-state index in [1.54, 1.807) is 0 Å². The van der Waals surface area contributed by atoms with Crippen LogP contribution in [0.2, 0.25) is 0 Å². The van der Waals surface area contributed by atoms with Crippen molar-refractivity contribution < 1.29 is 9.53 Å². The first-order valence-electron chi connectivity index (χ1n) is 7.62. The highest BCUT2D eigenvalue weighted by molar-refractivity contribution is 5.80. The summed E-state index contributed by atoms with van der Waals surface area (Å²) in [4.78, 5) is 14.5. The fourth-order valence-corrected chi connectivity index (χ4v) is 3.02. The standard InChI is InChI=1S/C15H28N2O2/c1-12-7-10-17(11-12)9-4-8-15(2,14(18)19-3)16-13-5-6-13/h12-13,16H,4-11H2,1-3H3. The molecule has 2 aliphatic rings. The molecule has 0 bridgehead atoms. The van der Waals surface area contributed by atoms with E-state index in [4.69, 9.17) is 4.74 Å². The lowest BCUT2D eigenvalue weighted by molar-refractivity contribution is -0.148. The number of rotatable bonds is 7. The van der Waals surface area contributed by atoms with E-state index in [0.717, 1.165) is 25.3 Å². The van der Waals surface area contributed by atoms with E-state index in [0.29, 0.717) is 6.04 Å². The molecule has 1 N–H and O–H groups in total. The van der Waals surface area contributed by atoms with Crippen LogP contribution >= 0.6 is 0 Å². The molecule has 110 valence electrons. The molecule has 0 aromatic heterocycles. The second-order valence-corrected chi connectivity index (χ2v) is 6.54. The van der Waals surface area contributed by atoms with Crippen molar-refractivity contribution in [3.8, 4) is 0 Å². The molecule has 0 radical (unpaired) electrons. The summed E-state index contributed by atoms with van der Waals surface area (Å²) in [7, 11) is 1.48. The van der Waals surface area contributed by atoms with Gasteiger partial charge < -0.3 is 9.64 Å². The lowest BCUT2D eigenvalue weighted by Crippen LogP contribution is -2.51. The van der Waals surface area contributed by atoms with Gasteiger partial charge in [0.15, 0.2) is 0 Å². The van der Waals surface area contributed by atoms with Crippen molar-refractivity contribution in [3.05, 3.63) is 0 Å². The van der Waals surface area contributed by atoms with Gasteiger partial charge in [0.05, 0.1) is 7.11 Å². The van der Waals surface area contributed by atoms with E-state index < -0.39 is 5.54 Å². The van der Waals surface area contributed by atoms with Crippen LogP contribution in [0.15, 0.2) is 0 Å². The highest BCUT2D eigenvalue weighted by atomic mass is 16.5. The molecule has 4 heteroatoms. The van der Waals surface area contributed by atoms with Gasteiger partial charge in [-0.2, -0.15) is 0 Å². The van der Waals surface area contributed by atoms with Gasteiger partial charge >= 0.3 is 5.97 Å². The molecule has 0 aromatic carbocycles. The molecule has 0 amide bonds. The van der Waals surface area contributed by atoms with Crippen molar-refractivity contribution in [3.63, 3.8) is 0 Å². The zero-order valence-corrected chi connectivity index (χ0v) is 12.6. The lowest BCUT2D eigenvalue weighted by Gasteiger charge is -2.29. The molecular formula is C15H28N2O2. The van der Waals surface area contributed by atoms with Crippen molar-refractivity contribution in [2.45, 2.75) is 57.5 Å². The smallest absolute Gasteiger partial charge is 0.325 e. The summed E-state index contributed by atoms with van der Waals surface area (Å²) in [6.45, 7) is 7.83. The number of methoxy groups -OCH3 is 1. The van der Waals surface area contributed by atoms with Gasteiger partial charge in [-0.3, -0.25) is 10.1 Å². The molecule has 4 nitrogen and oxygen atoms in total. The first-order chi connectivity index (χ1) is 9.03. The highest BCUT2D eigenvalue weighted by Crippen LogP contribution is 2.26. The van der Waals surface area contributed by atoms with Crippen molar-refractivity contribution >= 4 is 5.97 Å². The summed E-state index contributed by atoms with van der Waals surface area (Å²) in [6.07, 6.45) is 5.61. The Hall–Kier alpha value is -0.610. The van der Waals surface area contributed by atoms with Crippen LogP contribution in [-0.4, -0.2) is 49.2 Å². The minimum Gasteiger partial charge on any atom is -0.468 e. The van der Waals surface area contributed by atoms with Crippen molar-refractivity contribution in [1.82, 2.24) is 10.2 Å². The zero-order valence-electron chi connectivity index (χ0n) is 12.6. The number of carbonyl (C=O) groups excluding carboxylic acids is 1. The molecular weight excluding hydrogens is 240 g/mol. The van der Waals surface area contributed by atoms with E-state index in [-0.39, 0.29) is 5.97 Å². The second kappa shape index (κ2) is 6.23. The topological polar surface area (TPSA) is 41.6 Å². The molecule has 0 aromatic rings. The molecule has 2 atom stereocenters. The fraction of sp³-hybridized carbons (Fsp3) is 0.933. The van der Waals surface area contributed by atoms with Crippen LogP contribution in [0, 0.1) is 5.92 Å². The van der Waals surface area contributed by atoms with Crippen molar-refractivity contribution in [1.29, 1.82) is 0 Å². The average Bonchev–Trinajstić information content (AvgIpc) is 3.09. The number of nitrogens with one attached hydrogen (secondary N) is 1. The Balaban J connectivity index is 1.77. The van der Waals surface area contributed by atoms with Gasteiger partial charge in [0.25, 0.3) is 0 Å². The van der Waals surface area contributed by atoms with Crippen LogP contribution in [0.25, 0.3) is 0 Å². The third kappa shape index (κ3) is 4.18. The molecule has 2 rings (SSSR count). The molecule has 0 spiro atoms. The second-order valence-electron chi connectivity index (χ2n) is 6.54. The Bertz CT molecular complexity index is 317. The van der Waals surface area contributed by atoms with E-state index in [2.05, 4.69) is 17.1 Å². The fourth-order valence-electron chi connectivity index (χ4n) is 3.02. The number of ether oxygens (including phenoxy) is 1. The Kier molecular flexibility index (Phi) is 4.85. The Labute approximate surface area is 116 Å². The van der Waals surface area contributed by atoms with Crippen LogP contribution in [-0.2, 0) is 9.53 Å². The number of esters is 1. The van der Waals surface area contributed by atoms with Gasteiger partial charge in [0.1, 0.15) is 5.54 Å². The van der Waals surface area contributed by atoms with Gasteiger partial charge in [0.2, 0.25) is 0 Å². The number of carbonyl (C=O) groups is 1. The van der Waals surface area contributed by atoms with Gasteiger partial charge in [-0.25, -0.2) is 0 Å². The van der Waals surface area contributed by atoms with E-state index in [9.17, 15) is 4.79 Å². The molecule has 1 aliphatic heterocycles. The van der Waals surface area contributed by atoms with Gasteiger partial charge in [-0.05, 0) is 58.0 Å². The maximum Gasteiger partial charge on any atom is 0.325 e. The third-order valence-electron chi connectivity index (χ3n) is 4.40. The van der Waals surface area contributed by atoms with Crippen molar-refractivity contribution in [2.24, 2.45) is 5.92 Å². The number of hydrogen-bond acceptors (Lipinski definition) is 4. The minimum absolute atomic E-state index is 0.116. The molecule has 19 heavy (non-hydrogen) atoms. The van der Waals surface area contributed by atoms with Crippen LogP contribution in [0.4, 0.5) is 0 Å². The van der Waals surface area contributed by atoms with E-state index in [1.165, 1.54) is 39.5 Å². The third-order valence-corrected chi connectivity index (χ3v) is 4.40. The summed E-state index contributed by atoms with van der Waals surface area (Å²) in [6, 6.07) is 0.524. The van der Waals surface area contributed by atoms with Crippen LogP contribution < -0.4 is 5.32 Å². The molecule has 1 saturated carbocycles. The quantitative estimate of drug-likeness (QED) is 0.715. The number of hydrogen-bond donors (Lipinski definition) is 1. The normalized spacial score (nSPS) is 27.2. The summed E-state index contributed by atoms with van der Waals surface area (Å²) in [5.74, 6) is 0.714. The van der Waals surface area contributed by atoms with Crippen LogP contribution in [0.3, 0.4) is 0 Å². The molecule has 2 unspecified atom stereocenters. The Morgan fingerprint density at radius 1 is 1.42 bits per heavy atom. The van der Waals surface area contributed by atoms with Gasteiger partial charge in [-0.1, -0.05) is 6.92 Å². The Morgan fingerprint density at radius 3 is 2.68 bits per heavy atom. The van der Waals surface area contributed by atoms with E-state index in [1.807, 2.05) is 6.92 Å². The van der Waals surface area contributed by atoms with Crippen molar-refractivity contribution in [2.75, 3.05) is 26.7 Å². The van der Waals surface area contributed by atoms with Crippen LogP contribution in [0.5, 0.6) is 0 Å². The zero-order chi connectivity index (χ0) is 13.9. The number of likely N-dealkylation sites (tertiary alicyclic amines) is 1. The summed E-state index contributed by atoms with van der Waals surface area (Å²) < 4.78 is 4.97. The minimum atomic E-state index is -0.499. The Morgan fingerprint density at radius 2 is 2.16 bits per heavy atom. The SMILES string of the molecule is COC(=O)C(C)(CCCN1CCC(C)C1)NC1CC1. The maximum absolute atomic E-state index is 12.0. The number of nitrogens with zero attached hydrogens (tertiary/aromatic N) is 1. The maximum atomic E-state index is 12.0. The van der Waals surface area contributed by atoms with Crippen LogP contribution in [0.1, 0.15) is 46.0 Å². The molecule has 1 heterocycles. The monoisotopic (exact) mass is 268 g/mol. The molecule has 2 fully saturated rings. The predicted molar refractivity (Wildman–Crippen MR) is 76.0 cm³/mol. The van der Waals surface area contributed by atoms with Gasteiger partial charge in [0, 0.05) is 12.6 Å². The summed E-state index contributed by atoms with van der Waals surface area (Å²) >= 11 is 0. The van der Waals surface area contributed by atoms with Gasteiger partial charge in [-0.15, -0.1) is 0 Å². The largest absolute Gasteiger partial charge is 0.468 e. The lowest BCUT2D eigenvalue weighted by atomic mass is 9.95. The predicted octanol–water partition coefficient (Wildman–Crippen LogP) is 1.79. The summed E-state index contributed by atoms with van der Waals surface area (Å²) in [5, 5.41) is 3.46. The van der Waals surface area contributed by atoms with E-state index >= 15 is 0 Å².